The van der Waals surface area contributed by atoms with Crippen LogP contribution in [0.2, 0.25) is 0 Å². The Labute approximate surface area is 79.9 Å². The molecule has 0 saturated carbocycles. The van der Waals surface area contributed by atoms with E-state index in [1.165, 1.54) is 11.3 Å². The first-order valence-electron chi connectivity index (χ1n) is 3.73. The molecule has 0 radical (unpaired) electrons. The van der Waals surface area contributed by atoms with Gasteiger partial charge < -0.3 is 10.4 Å². The van der Waals surface area contributed by atoms with Gasteiger partial charge in [-0.2, -0.15) is 0 Å². The first kappa shape index (κ1) is 9.73. The molecule has 0 aliphatic heterocycles. The van der Waals surface area contributed by atoms with Gasteiger partial charge in [0.2, 0.25) is 0 Å². The van der Waals surface area contributed by atoms with E-state index in [9.17, 15) is 4.79 Å². The van der Waals surface area contributed by atoms with Gasteiger partial charge in [-0.1, -0.05) is 6.08 Å². The van der Waals surface area contributed by atoms with Crippen LogP contribution in [0.4, 0.5) is 5.13 Å². The lowest BCUT2D eigenvalue weighted by atomic mass is 10.2. The Morgan fingerprint density at radius 3 is 3.15 bits per heavy atom. The third kappa shape index (κ3) is 2.87. The Morgan fingerprint density at radius 1 is 1.92 bits per heavy atom. The van der Waals surface area contributed by atoms with Crippen LogP contribution in [0.3, 0.4) is 0 Å². The minimum Gasteiger partial charge on any atom is -0.480 e. The van der Waals surface area contributed by atoms with E-state index in [0.29, 0.717) is 11.6 Å². The predicted molar refractivity (Wildman–Crippen MR) is 52.0 cm³/mol. The van der Waals surface area contributed by atoms with Crippen molar-refractivity contribution in [1.82, 2.24) is 4.98 Å². The molecular weight excluding hydrogens is 188 g/mol. The van der Waals surface area contributed by atoms with E-state index in [-0.39, 0.29) is 0 Å². The van der Waals surface area contributed by atoms with Crippen LogP contribution in [0.1, 0.15) is 6.42 Å². The molecule has 0 fully saturated rings. The van der Waals surface area contributed by atoms with Gasteiger partial charge >= 0.3 is 5.97 Å². The summed E-state index contributed by atoms with van der Waals surface area (Å²) in [5, 5.41) is 14.0. The van der Waals surface area contributed by atoms with Crippen LogP contribution < -0.4 is 5.32 Å². The quantitative estimate of drug-likeness (QED) is 0.705. The molecule has 1 aromatic rings. The van der Waals surface area contributed by atoms with Gasteiger partial charge in [-0.05, 0) is 6.42 Å². The van der Waals surface area contributed by atoms with Crippen molar-refractivity contribution < 1.29 is 9.90 Å². The maximum atomic E-state index is 10.7. The van der Waals surface area contributed by atoms with Crippen molar-refractivity contribution in [3.8, 4) is 0 Å². The molecule has 1 unspecified atom stereocenters. The molecule has 0 spiro atoms. The third-order valence-electron chi connectivity index (χ3n) is 1.43. The molecule has 0 aliphatic rings. The van der Waals surface area contributed by atoms with Gasteiger partial charge in [0.15, 0.2) is 5.13 Å². The monoisotopic (exact) mass is 198 g/mol. The molecule has 1 rings (SSSR count). The first-order valence-corrected chi connectivity index (χ1v) is 4.61. The summed E-state index contributed by atoms with van der Waals surface area (Å²) in [5.41, 5.74) is 0. The van der Waals surface area contributed by atoms with Crippen LogP contribution >= 0.6 is 11.3 Å². The van der Waals surface area contributed by atoms with Crippen molar-refractivity contribution in [1.29, 1.82) is 0 Å². The fraction of sp³-hybridized carbons (Fsp3) is 0.250. The van der Waals surface area contributed by atoms with E-state index >= 15 is 0 Å². The second kappa shape index (κ2) is 4.61. The van der Waals surface area contributed by atoms with E-state index in [1.807, 2.05) is 0 Å². The van der Waals surface area contributed by atoms with E-state index in [4.69, 9.17) is 5.11 Å². The Bertz CT molecular complexity index is 284. The molecule has 0 aromatic carbocycles. The van der Waals surface area contributed by atoms with Crippen molar-refractivity contribution >= 4 is 22.4 Å². The fourth-order valence-electron chi connectivity index (χ4n) is 0.832. The summed E-state index contributed by atoms with van der Waals surface area (Å²) < 4.78 is 0. The molecule has 0 saturated heterocycles. The molecule has 13 heavy (non-hydrogen) atoms. The number of hydrogen-bond acceptors (Lipinski definition) is 4. The highest BCUT2D eigenvalue weighted by Crippen LogP contribution is 2.13. The zero-order chi connectivity index (χ0) is 9.68. The summed E-state index contributed by atoms with van der Waals surface area (Å²) in [6.07, 6.45) is 3.58. The Kier molecular flexibility index (Phi) is 3.45. The van der Waals surface area contributed by atoms with Gasteiger partial charge in [0, 0.05) is 11.6 Å². The number of aliphatic carboxylic acids is 1. The molecule has 1 atom stereocenters. The van der Waals surface area contributed by atoms with Crippen LogP contribution in [0.5, 0.6) is 0 Å². The molecule has 0 bridgehead atoms. The van der Waals surface area contributed by atoms with Crippen LogP contribution in [-0.2, 0) is 4.79 Å². The summed E-state index contributed by atoms with van der Waals surface area (Å²) in [5.74, 6) is -0.893. The summed E-state index contributed by atoms with van der Waals surface area (Å²) >= 11 is 1.37. The highest BCUT2D eigenvalue weighted by atomic mass is 32.1. The minimum atomic E-state index is -0.893. The maximum Gasteiger partial charge on any atom is 0.326 e. The lowest BCUT2D eigenvalue weighted by molar-refractivity contribution is -0.137. The molecule has 70 valence electrons. The highest BCUT2D eigenvalue weighted by molar-refractivity contribution is 7.13. The number of thiazole rings is 1. The van der Waals surface area contributed by atoms with Crippen molar-refractivity contribution in [2.45, 2.75) is 12.5 Å². The van der Waals surface area contributed by atoms with Crippen molar-refractivity contribution in [2.24, 2.45) is 0 Å². The average molecular weight is 198 g/mol. The second-order valence-corrected chi connectivity index (χ2v) is 3.29. The van der Waals surface area contributed by atoms with Crippen LogP contribution in [0.25, 0.3) is 0 Å². The van der Waals surface area contributed by atoms with E-state index < -0.39 is 12.0 Å². The minimum absolute atomic E-state index is 0.384. The van der Waals surface area contributed by atoms with Gasteiger partial charge in [0.25, 0.3) is 0 Å². The number of aromatic nitrogens is 1. The summed E-state index contributed by atoms with van der Waals surface area (Å²) in [6, 6.07) is -0.636. The summed E-state index contributed by atoms with van der Waals surface area (Å²) in [7, 11) is 0. The normalized spacial score (nSPS) is 12.0. The second-order valence-electron chi connectivity index (χ2n) is 2.40. The highest BCUT2D eigenvalue weighted by Gasteiger charge is 2.15. The fourth-order valence-corrected chi connectivity index (χ4v) is 1.41. The van der Waals surface area contributed by atoms with Gasteiger partial charge in [0.1, 0.15) is 6.04 Å². The number of carboxylic acid groups (broad SMARTS) is 1. The molecule has 1 heterocycles. The van der Waals surface area contributed by atoms with Crippen LogP contribution in [-0.4, -0.2) is 22.1 Å². The number of nitrogens with one attached hydrogen (secondary N) is 1. The van der Waals surface area contributed by atoms with E-state index in [2.05, 4.69) is 16.9 Å². The lowest BCUT2D eigenvalue weighted by Crippen LogP contribution is -2.28. The maximum absolute atomic E-state index is 10.7. The van der Waals surface area contributed by atoms with Gasteiger partial charge in [-0.3, -0.25) is 0 Å². The van der Waals surface area contributed by atoms with Crippen LogP contribution in [0, 0.1) is 0 Å². The third-order valence-corrected chi connectivity index (χ3v) is 2.13. The summed E-state index contributed by atoms with van der Waals surface area (Å²) in [6.45, 7) is 3.49. The molecule has 5 heteroatoms. The van der Waals surface area contributed by atoms with E-state index in [1.54, 1.807) is 17.7 Å². The molecule has 0 aliphatic carbocycles. The molecule has 4 nitrogen and oxygen atoms in total. The van der Waals surface area contributed by atoms with Gasteiger partial charge in [0.05, 0.1) is 0 Å². The first-order chi connectivity index (χ1) is 6.24. The molecule has 0 amide bonds. The van der Waals surface area contributed by atoms with Crippen molar-refractivity contribution in [3.63, 3.8) is 0 Å². The summed E-state index contributed by atoms with van der Waals surface area (Å²) in [4.78, 5) is 14.6. The number of anilines is 1. The number of carboxylic acids is 1. The van der Waals surface area contributed by atoms with Gasteiger partial charge in [-0.15, -0.1) is 17.9 Å². The standard InChI is InChI=1S/C8H10N2O2S/c1-2-3-6(7(11)12)10-8-9-4-5-13-8/h2,4-6H,1,3H2,(H,9,10)(H,11,12). The number of rotatable bonds is 5. The Hall–Kier alpha value is -1.36. The van der Waals surface area contributed by atoms with Crippen molar-refractivity contribution in [3.05, 3.63) is 24.2 Å². The van der Waals surface area contributed by atoms with E-state index in [0.717, 1.165) is 0 Å². The zero-order valence-electron chi connectivity index (χ0n) is 6.93. The SMILES string of the molecule is C=CCC(Nc1nccs1)C(=O)O. The molecule has 1 aromatic heterocycles. The van der Waals surface area contributed by atoms with Crippen LogP contribution in [0.15, 0.2) is 24.2 Å². The zero-order valence-corrected chi connectivity index (χ0v) is 7.75. The van der Waals surface area contributed by atoms with Crippen molar-refractivity contribution in [2.75, 3.05) is 5.32 Å². The number of nitrogens with zero attached hydrogens (tertiary/aromatic N) is 1. The number of carbonyl (C=O) groups is 1. The lowest BCUT2D eigenvalue weighted by Gasteiger charge is -2.10. The Morgan fingerprint density at radius 2 is 2.69 bits per heavy atom. The smallest absolute Gasteiger partial charge is 0.326 e. The average Bonchev–Trinajstić information content (AvgIpc) is 2.56. The Balaban J connectivity index is 2.57. The molecular formula is C8H10N2O2S. The van der Waals surface area contributed by atoms with Gasteiger partial charge in [-0.25, -0.2) is 9.78 Å². The molecule has 2 N–H and O–H groups in total. The largest absolute Gasteiger partial charge is 0.480 e. The topological polar surface area (TPSA) is 62.2 Å². The number of hydrogen-bond donors (Lipinski definition) is 2. The predicted octanol–water partition coefficient (Wildman–Crippen LogP) is 1.58.